The second-order valence-corrected chi connectivity index (χ2v) is 8.22. The first-order valence-electron chi connectivity index (χ1n) is 10.5. The molecule has 2 saturated heterocycles. The predicted molar refractivity (Wildman–Crippen MR) is 110 cm³/mol. The molecule has 0 bridgehead atoms. The van der Waals surface area contributed by atoms with Gasteiger partial charge < -0.3 is 14.1 Å². The zero-order valence-corrected chi connectivity index (χ0v) is 17.7. The monoisotopic (exact) mass is 477 g/mol. The Morgan fingerprint density at radius 2 is 2.00 bits per heavy atom. The maximum atomic E-state index is 15.5. The number of halogens is 4. The van der Waals surface area contributed by atoms with Gasteiger partial charge in [-0.15, -0.1) is 10.2 Å². The molecule has 0 saturated carbocycles. The van der Waals surface area contributed by atoms with Crippen molar-refractivity contribution in [3.8, 4) is 11.5 Å². The van der Waals surface area contributed by atoms with Crippen molar-refractivity contribution in [2.24, 2.45) is 0 Å². The molecule has 2 aliphatic rings. The van der Waals surface area contributed by atoms with Gasteiger partial charge in [-0.05, 0) is 30.3 Å². The Morgan fingerprint density at radius 3 is 2.59 bits per heavy atom. The molecule has 0 atom stereocenters. The third kappa shape index (κ3) is 4.26. The number of anilines is 1. The molecule has 2 aromatic heterocycles. The zero-order chi connectivity index (χ0) is 23.9. The molecule has 0 aliphatic carbocycles. The largest absolute Gasteiger partial charge is 0.415 e. The minimum absolute atomic E-state index is 0.0678. The van der Waals surface area contributed by atoms with E-state index in [1.807, 2.05) is 4.90 Å². The predicted octanol–water partition coefficient (Wildman–Crippen LogP) is 3.16. The van der Waals surface area contributed by atoms with E-state index in [2.05, 4.69) is 15.2 Å². The van der Waals surface area contributed by atoms with E-state index >= 15 is 4.39 Å². The number of alkyl halides is 3. The first kappa shape index (κ1) is 22.4. The fourth-order valence-corrected chi connectivity index (χ4v) is 3.84. The molecule has 0 spiro atoms. The van der Waals surface area contributed by atoms with Gasteiger partial charge in [0.15, 0.2) is 0 Å². The molecule has 12 heteroatoms. The van der Waals surface area contributed by atoms with Gasteiger partial charge in [-0.2, -0.15) is 8.78 Å². The summed E-state index contributed by atoms with van der Waals surface area (Å²) in [6.07, 6.45) is -1.58. The molecule has 0 unspecified atom stereocenters. The maximum absolute atomic E-state index is 15.5. The highest BCUT2D eigenvalue weighted by Crippen LogP contribution is 2.34. The molecule has 8 nitrogen and oxygen atoms in total. The average molecular weight is 477 g/mol. The number of pyridine rings is 1. The van der Waals surface area contributed by atoms with E-state index in [1.54, 1.807) is 0 Å². The number of carbonyl (C=O) groups excluding carboxylic acids is 1. The molecule has 178 valence electrons. The van der Waals surface area contributed by atoms with Crippen LogP contribution < -0.4 is 4.90 Å². The van der Waals surface area contributed by atoms with Crippen molar-refractivity contribution in [3.63, 3.8) is 0 Å². The van der Waals surface area contributed by atoms with E-state index in [-0.39, 0.29) is 37.3 Å². The third-order valence-electron chi connectivity index (χ3n) is 5.81. The van der Waals surface area contributed by atoms with E-state index in [4.69, 9.17) is 9.15 Å². The second-order valence-electron chi connectivity index (χ2n) is 8.22. The smallest absolute Gasteiger partial charge is 0.314 e. The van der Waals surface area contributed by atoms with E-state index in [0.717, 1.165) is 11.0 Å². The summed E-state index contributed by atoms with van der Waals surface area (Å²) in [6, 6.07) is 8.45. The van der Waals surface area contributed by atoms with Crippen LogP contribution in [0.1, 0.15) is 18.0 Å². The van der Waals surface area contributed by atoms with E-state index in [1.165, 1.54) is 36.5 Å². The maximum Gasteiger partial charge on any atom is 0.314 e. The molecule has 0 N–H and O–H groups in total. The number of aromatic nitrogens is 3. The molecule has 1 aromatic carbocycles. The third-order valence-corrected chi connectivity index (χ3v) is 5.81. The standard InChI is InChI=1S/C22H19F4N5O3/c23-14-2-1-3-16(6-14)31(21(32)22(26)11-30(12-22)17-9-33-10-17)8-15-5-4-13(7-27-15)19-28-29-20(34-19)18(24)25/h1-7,17-18H,8-12H2. The molecule has 1 amide bonds. The Balaban J connectivity index is 1.36. The van der Waals surface area contributed by atoms with Gasteiger partial charge in [-0.25, -0.2) is 8.78 Å². The highest BCUT2D eigenvalue weighted by Gasteiger charge is 2.54. The van der Waals surface area contributed by atoms with Gasteiger partial charge >= 0.3 is 6.43 Å². The van der Waals surface area contributed by atoms with Crippen LogP contribution in [0.4, 0.5) is 23.2 Å². The molecule has 5 rings (SSSR count). The lowest BCUT2D eigenvalue weighted by atomic mass is 9.91. The number of amides is 1. The van der Waals surface area contributed by atoms with Crippen LogP contribution in [0.2, 0.25) is 0 Å². The van der Waals surface area contributed by atoms with Crippen LogP contribution in [0.3, 0.4) is 0 Å². The van der Waals surface area contributed by atoms with E-state index in [9.17, 15) is 18.0 Å². The van der Waals surface area contributed by atoms with Crippen LogP contribution in [-0.2, 0) is 16.1 Å². The zero-order valence-electron chi connectivity index (χ0n) is 17.7. The lowest BCUT2D eigenvalue weighted by Gasteiger charge is -2.50. The van der Waals surface area contributed by atoms with Crippen LogP contribution in [-0.4, -0.2) is 64.0 Å². The van der Waals surface area contributed by atoms with Gasteiger partial charge in [-0.1, -0.05) is 6.07 Å². The number of hydrogen-bond donors (Lipinski definition) is 0. The van der Waals surface area contributed by atoms with Crippen molar-refractivity contribution in [2.45, 2.75) is 24.7 Å². The Labute approximate surface area is 191 Å². The molecule has 4 heterocycles. The molecular formula is C22H19F4N5O3. The van der Waals surface area contributed by atoms with Crippen molar-refractivity contribution in [3.05, 3.63) is 60.0 Å². The van der Waals surface area contributed by atoms with Gasteiger partial charge in [0, 0.05) is 25.0 Å². The van der Waals surface area contributed by atoms with Crippen molar-refractivity contribution < 1.29 is 31.5 Å². The number of hydrogen-bond acceptors (Lipinski definition) is 7. The van der Waals surface area contributed by atoms with Gasteiger partial charge in [0.05, 0.1) is 37.1 Å². The minimum atomic E-state index is -2.90. The molecule has 2 aliphatic heterocycles. The van der Waals surface area contributed by atoms with Gasteiger partial charge in [0.2, 0.25) is 11.6 Å². The fourth-order valence-electron chi connectivity index (χ4n) is 3.84. The lowest BCUT2D eigenvalue weighted by Crippen LogP contribution is -2.71. The SMILES string of the molecule is O=C(N(Cc1ccc(-c2nnc(C(F)F)o2)cn1)c1cccc(F)c1)C1(F)CN(C2COC2)C1. The Kier molecular flexibility index (Phi) is 5.78. The van der Waals surface area contributed by atoms with Crippen molar-refractivity contribution in [1.29, 1.82) is 0 Å². The molecular weight excluding hydrogens is 458 g/mol. The van der Waals surface area contributed by atoms with Gasteiger partial charge in [0.1, 0.15) is 5.82 Å². The quantitative estimate of drug-likeness (QED) is 0.484. The summed E-state index contributed by atoms with van der Waals surface area (Å²) in [6.45, 7) is 0.746. The lowest BCUT2D eigenvalue weighted by molar-refractivity contribution is -0.161. The number of nitrogens with zero attached hydrogens (tertiary/aromatic N) is 5. The van der Waals surface area contributed by atoms with Crippen LogP contribution in [0.5, 0.6) is 0 Å². The van der Waals surface area contributed by atoms with Crippen LogP contribution >= 0.6 is 0 Å². The Morgan fingerprint density at radius 1 is 1.21 bits per heavy atom. The second kappa shape index (κ2) is 8.76. The highest BCUT2D eigenvalue weighted by molar-refractivity contribution is 6.00. The van der Waals surface area contributed by atoms with E-state index in [0.29, 0.717) is 24.5 Å². The topological polar surface area (TPSA) is 84.6 Å². The number of rotatable bonds is 7. The summed E-state index contributed by atoms with van der Waals surface area (Å²) in [5.74, 6) is -2.30. The fraction of sp³-hybridized carbons (Fsp3) is 0.364. The van der Waals surface area contributed by atoms with Gasteiger partial charge in [-0.3, -0.25) is 14.7 Å². The Bertz CT molecular complexity index is 1180. The number of likely N-dealkylation sites (tertiary alicyclic amines) is 1. The summed E-state index contributed by atoms with van der Waals surface area (Å²) < 4.78 is 64.8. The van der Waals surface area contributed by atoms with Crippen LogP contribution in [0.25, 0.3) is 11.5 Å². The van der Waals surface area contributed by atoms with Crippen LogP contribution in [0, 0.1) is 5.82 Å². The first-order chi connectivity index (χ1) is 16.3. The molecule has 0 radical (unpaired) electrons. The van der Waals surface area contributed by atoms with Crippen molar-refractivity contribution in [2.75, 3.05) is 31.2 Å². The average Bonchev–Trinajstić information content (AvgIpc) is 3.26. The number of carbonyl (C=O) groups is 1. The van der Waals surface area contributed by atoms with Gasteiger partial charge in [0.25, 0.3) is 11.8 Å². The highest BCUT2D eigenvalue weighted by atomic mass is 19.3. The summed E-state index contributed by atoms with van der Waals surface area (Å²) in [5.41, 5.74) is -1.26. The molecule has 3 aromatic rings. The summed E-state index contributed by atoms with van der Waals surface area (Å²) in [7, 11) is 0. The Hall–Kier alpha value is -3.38. The van der Waals surface area contributed by atoms with Crippen LogP contribution in [0.15, 0.2) is 47.0 Å². The van der Waals surface area contributed by atoms with Crippen molar-refractivity contribution in [1.82, 2.24) is 20.1 Å². The summed E-state index contributed by atoms with van der Waals surface area (Å²) >= 11 is 0. The number of benzene rings is 1. The summed E-state index contributed by atoms with van der Waals surface area (Å²) in [5, 5.41) is 6.83. The number of ether oxygens (including phenoxy) is 1. The minimum Gasteiger partial charge on any atom is -0.415 e. The molecule has 34 heavy (non-hydrogen) atoms. The van der Waals surface area contributed by atoms with E-state index < -0.39 is 29.7 Å². The first-order valence-corrected chi connectivity index (χ1v) is 10.5. The van der Waals surface area contributed by atoms with Crippen molar-refractivity contribution >= 4 is 11.6 Å². The normalized spacial score (nSPS) is 17.9. The molecule has 2 fully saturated rings. The summed E-state index contributed by atoms with van der Waals surface area (Å²) in [4.78, 5) is 20.4.